The van der Waals surface area contributed by atoms with Crippen molar-refractivity contribution in [2.24, 2.45) is 16.6 Å². The number of rotatable bonds is 7. The molecule has 164 valence electrons. The number of nitrogens with two attached hydrogens (primary N) is 1. The summed E-state index contributed by atoms with van der Waals surface area (Å²) in [6.07, 6.45) is 2.66. The fourth-order valence-electron chi connectivity index (χ4n) is 3.98. The highest BCUT2D eigenvalue weighted by atomic mass is 32.1. The third-order valence-corrected chi connectivity index (χ3v) is 6.55. The summed E-state index contributed by atoms with van der Waals surface area (Å²) in [5, 5.41) is 14.0. The third kappa shape index (κ3) is 5.42. The molecule has 3 aromatic rings. The number of anilines is 1. The summed E-state index contributed by atoms with van der Waals surface area (Å²) in [6.45, 7) is 0.543. The molecule has 0 saturated heterocycles. The Kier molecular flexibility index (Phi) is 6.66. The van der Waals surface area contributed by atoms with Gasteiger partial charge < -0.3 is 16.2 Å². The number of amidine groups is 1. The van der Waals surface area contributed by atoms with Gasteiger partial charge >= 0.3 is 5.97 Å². The van der Waals surface area contributed by atoms with Crippen LogP contribution in [0, 0.1) is 5.92 Å². The molecule has 0 aliphatic heterocycles. The maximum atomic E-state index is 12.7. The first-order valence-electron chi connectivity index (χ1n) is 10.6. The average molecular weight is 448 g/mol. The molecule has 32 heavy (non-hydrogen) atoms. The van der Waals surface area contributed by atoms with E-state index < -0.39 is 5.97 Å². The van der Waals surface area contributed by atoms with Crippen LogP contribution in [-0.4, -0.2) is 22.8 Å². The Labute approximate surface area is 190 Å². The van der Waals surface area contributed by atoms with Gasteiger partial charge in [0.05, 0.1) is 6.54 Å². The number of nitrogens with one attached hydrogen (secondary N) is 1. The van der Waals surface area contributed by atoms with Crippen molar-refractivity contribution >= 4 is 34.7 Å². The fourth-order valence-corrected chi connectivity index (χ4v) is 4.61. The molecule has 4 N–H and O–H groups in total. The van der Waals surface area contributed by atoms with Gasteiger partial charge in [-0.3, -0.25) is 14.6 Å². The lowest BCUT2D eigenvalue weighted by atomic mass is 9.82. The molecular formula is C25H25N3O3S. The minimum absolute atomic E-state index is 0.181. The van der Waals surface area contributed by atoms with Crippen molar-refractivity contribution in [3.63, 3.8) is 0 Å². The van der Waals surface area contributed by atoms with Crippen molar-refractivity contribution < 1.29 is 14.7 Å². The van der Waals surface area contributed by atoms with Crippen LogP contribution in [0.25, 0.3) is 0 Å². The van der Waals surface area contributed by atoms with E-state index in [1.807, 2.05) is 35.7 Å². The number of carboxylic acids is 1. The van der Waals surface area contributed by atoms with Crippen molar-refractivity contribution in [3.8, 4) is 0 Å². The SMILES string of the molecule is NC(=NCc1cccs1)c1ccc(C(=O)Nc2ccc3c(c2)CCC(CC(=O)O)C3)cc1. The number of thiophene rings is 1. The molecular weight excluding hydrogens is 422 g/mol. The number of amides is 1. The van der Waals surface area contributed by atoms with Crippen LogP contribution in [0.15, 0.2) is 65.0 Å². The second kappa shape index (κ2) is 9.78. The number of carboxylic acid groups (broad SMARTS) is 1. The highest BCUT2D eigenvalue weighted by Gasteiger charge is 2.21. The number of aliphatic imine (C=N–C) groups is 1. The van der Waals surface area contributed by atoms with Gasteiger partial charge in [-0.05, 0) is 72.0 Å². The summed E-state index contributed by atoms with van der Waals surface area (Å²) in [5.41, 5.74) is 10.5. The zero-order valence-electron chi connectivity index (χ0n) is 17.6. The zero-order valence-corrected chi connectivity index (χ0v) is 18.4. The summed E-state index contributed by atoms with van der Waals surface area (Å²) >= 11 is 1.64. The summed E-state index contributed by atoms with van der Waals surface area (Å²) in [6, 6.07) is 17.0. The van der Waals surface area contributed by atoms with Crippen LogP contribution in [0.3, 0.4) is 0 Å². The number of carbonyl (C=O) groups excluding carboxylic acids is 1. The van der Waals surface area contributed by atoms with E-state index in [0.29, 0.717) is 17.9 Å². The van der Waals surface area contributed by atoms with Crippen LogP contribution in [0.1, 0.15) is 44.8 Å². The lowest BCUT2D eigenvalue weighted by Gasteiger charge is -2.24. The van der Waals surface area contributed by atoms with E-state index >= 15 is 0 Å². The minimum atomic E-state index is -0.746. The van der Waals surface area contributed by atoms with Crippen LogP contribution >= 0.6 is 11.3 Å². The smallest absolute Gasteiger partial charge is 0.303 e. The topological polar surface area (TPSA) is 105 Å². The van der Waals surface area contributed by atoms with Gasteiger partial charge in [-0.2, -0.15) is 0 Å². The average Bonchev–Trinajstić information content (AvgIpc) is 3.31. The van der Waals surface area contributed by atoms with Crippen molar-refractivity contribution in [2.45, 2.75) is 32.2 Å². The number of fused-ring (bicyclic) bond motifs is 1. The maximum Gasteiger partial charge on any atom is 0.303 e. The molecule has 4 rings (SSSR count). The Morgan fingerprint density at radius 1 is 1.09 bits per heavy atom. The van der Waals surface area contributed by atoms with E-state index in [9.17, 15) is 9.59 Å². The number of nitrogens with zero attached hydrogens (tertiary/aromatic N) is 1. The van der Waals surface area contributed by atoms with Crippen LogP contribution < -0.4 is 11.1 Å². The van der Waals surface area contributed by atoms with Gasteiger partial charge in [0.25, 0.3) is 5.91 Å². The van der Waals surface area contributed by atoms with Gasteiger partial charge in [-0.15, -0.1) is 11.3 Å². The Morgan fingerprint density at radius 2 is 1.88 bits per heavy atom. The highest BCUT2D eigenvalue weighted by Crippen LogP contribution is 2.29. The minimum Gasteiger partial charge on any atom is -0.481 e. The third-order valence-electron chi connectivity index (χ3n) is 5.69. The Hall–Kier alpha value is -3.45. The van der Waals surface area contributed by atoms with E-state index in [4.69, 9.17) is 10.8 Å². The Bertz CT molecular complexity index is 1140. The van der Waals surface area contributed by atoms with Gasteiger partial charge in [0, 0.05) is 28.1 Å². The van der Waals surface area contributed by atoms with Crippen LogP contribution in [0.2, 0.25) is 0 Å². The molecule has 0 bridgehead atoms. The van der Waals surface area contributed by atoms with Crippen molar-refractivity contribution in [1.82, 2.24) is 0 Å². The normalized spacial score (nSPS) is 15.8. The van der Waals surface area contributed by atoms with E-state index in [2.05, 4.69) is 10.3 Å². The first-order valence-corrected chi connectivity index (χ1v) is 11.4. The first kappa shape index (κ1) is 21.8. The molecule has 1 atom stereocenters. The number of aryl methyl sites for hydroxylation is 1. The quantitative estimate of drug-likeness (QED) is 0.367. The largest absolute Gasteiger partial charge is 0.481 e. The number of aliphatic carboxylic acids is 1. The van der Waals surface area contributed by atoms with Crippen LogP contribution in [-0.2, 0) is 24.2 Å². The number of hydrogen-bond acceptors (Lipinski definition) is 4. The van der Waals surface area contributed by atoms with Crippen molar-refractivity contribution in [1.29, 1.82) is 0 Å². The molecule has 6 nitrogen and oxygen atoms in total. The molecule has 1 aliphatic rings. The molecule has 0 saturated carbocycles. The first-order chi connectivity index (χ1) is 15.5. The highest BCUT2D eigenvalue weighted by molar-refractivity contribution is 7.09. The maximum absolute atomic E-state index is 12.7. The lowest BCUT2D eigenvalue weighted by Crippen LogP contribution is -2.18. The van der Waals surface area contributed by atoms with Gasteiger partial charge in [0.1, 0.15) is 5.84 Å². The molecule has 1 amide bonds. The molecule has 0 radical (unpaired) electrons. The van der Waals surface area contributed by atoms with Crippen LogP contribution in [0.4, 0.5) is 5.69 Å². The second-order valence-corrected chi connectivity index (χ2v) is 9.03. The molecule has 7 heteroatoms. The fraction of sp³-hybridized carbons (Fsp3) is 0.240. The summed E-state index contributed by atoms with van der Waals surface area (Å²) < 4.78 is 0. The predicted molar refractivity (Wildman–Crippen MR) is 127 cm³/mol. The zero-order chi connectivity index (χ0) is 22.5. The van der Waals surface area contributed by atoms with E-state index in [1.165, 1.54) is 11.1 Å². The molecule has 0 fully saturated rings. The van der Waals surface area contributed by atoms with Gasteiger partial charge in [0.2, 0.25) is 0 Å². The number of hydrogen-bond donors (Lipinski definition) is 3. The van der Waals surface area contributed by atoms with E-state index in [-0.39, 0.29) is 18.2 Å². The second-order valence-electron chi connectivity index (χ2n) is 8.00. The number of carbonyl (C=O) groups is 2. The predicted octanol–water partition coefficient (Wildman–Crippen LogP) is 4.49. The monoisotopic (exact) mass is 447 g/mol. The summed E-state index contributed by atoms with van der Waals surface area (Å²) in [5.74, 6) is -0.310. The summed E-state index contributed by atoms with van der Waals surface area (Å²) in [7, 11) is 0. The van der Waals surface area contributed by atoms with Crippen molar-refractivity contribution in [3.05, 3.63) is 87.1 Å². The van der Waals surface area contributed by atoms with Crippen LogP contribution in [0.5, 0.6) is 0 Å². The molecule has 2 aromatic carbocycles. The molecule has 0 spiro atoms. The molecule has 1 unspecified atom stereocenters. The van der Waals surface area contributed by atoms with Gasteiger partial charge in [0.15, 0.2) is 0 Å². The van der Waals surface area contributed by atoms with Crippen molar-refractivity contribution in [2.75, 3.05) is 5.32 Å². The summed E-state index contributed by atoms with van der Waals surface area (Å²) in [4.78, 5) is 29.2. The molecule has 1 aromatic heterocycles. The number of benzene rings is 2. The van der Waals surface area contributed by atoms with E-state index in [1.54, 1.807) is 35.6 Å². The van der Waals surface area contributed by atoms with Gasteiger partial charge in [-0.1, -0.05) is 24.3 Å². The Balaban J connectivity index is 1.38. The molecule has 1 heterocycles. The van der Waals surface area contributed by atoms with Gasteiger partial charge in [-0.25, -0.2) is 0 Å². The lowest BCUT2D eigenvalue weighted by molar-refractivity contribution is -0.138. The van der Waals surface area contributed by atoms with E-state index in [0.717, 1.165) is 35.4 Å². The molecule has 1 aliphatic carbocycles. The Morgan fingerprint density at radius 3 is 2.59 bits per heavy atom. The standard InChI is InChI=1S/C25H25N3O3S/c26-24(27-15-22-2-1-11-32-22)17-5-7-18(8-6-17)25(31)28-21-10-9-19-12-16(13-23(29)30)3-4-20(19)14-21/h1-2,5-11,14,16H,3-4,12-13,15H2,(H2,26,27)(H,28,31)(H,29,30).